The highest BCUT2D eigenvalue weighted by Crippen LogP contribution is 2.28. The van der Waals surface area contributed by atoms with Crippen LogP contribution in [0.25, 0.3) is 21.5 Å². The maximum absolute atomic E-state index is 12.3. The van der Waals surface area contributed by atoms with E-state index in [1.807, 2.05) is 42.5 Å². The first-order chi connectivity index (χ1) is 10.1. The summed E-state index contributed by atoms with van der Waals surface area (Å²) in [4.78, 5) is 0.188. The van der Waals surface area contributed by atoms with Gasteiger partial charge in [0.25, 0.3) is 10.1 Å². The van der Waals surface area contributed by atoms with E-state index in [9.17, 15) is 8.42 Å². The van der Waals surface area contributed by atoms with Crippen LogP contribution in [0.2, 0.25) is 0 Å². The highest BCUT2D eigenvalue weighted by Gasteiger charge is 2.18. The fourth-order valence-corrected chi connectivity index (χ4v) is 3.45. The van der Waals surface area contributed by atoms with E-state index in [-0.39, 0.29) is 17.7 Å². The molecule has 0 saturated carbocycles. The fraction of sp³-hybridized carbons (Fsp3) is 0.0588. The summed E-state index contributed by atoms with van der Waals surface area (Å²) in [7, 11) is -3.79. The molecule has 5 heteroatoms. The smallest absolute Gasteiger partial charge is 0.297 e. The average molecular weight is 315 g/mol. The second-order valence-corrected chi connectivity index (χ2v) is 6.29. The van der Waals surface area contributed by atoms with Crippen molar-refractivity contribution in [2.75, 3.05) is 6.61 Å². The van der Waals surface area contributed by atoms with Crippen molar-refractivity contribution in [1.29, 1.82) is 0 Å². The number of benzene rings is 3. The van der Waals surface area contributed by atoms with Crippen molar-refractivity contribution in [3.05, 3.63) is 67.3 Å². The Balaban J connectivity index is 0.00000176. The van der Waals surface area contributed by atoms with Crippen molar-refractivity contribution < 1.29 is 12.6 Å². The van der Waals surface area contributed by atoms with Crippen LogP contribution in [0.1, 0.15) is 0 Å². The fourth-order valence-electron chi connectivity index (χ4n) is 2.36. The standard InChI is InChI=1S/C17H14O3S.H3N/c1-2-10-20-21(18,19)17-9-5-8-15-11-13-6-3-4-7-14(13)12-16(15)17;/h2-9,11-12H,1,10H2;1H3. The average Bonchev–Trinajstić information content (AvgIpc) is 2.50. The van der Waals surface area contributed by atoms with Gasteiger partial charge in [-0.3, -0.25) is 4.18 Å². The second-order valence-electron chi connectivity index (χ2n) is 4.70. The van der Waals surface area contributed by atoms with Crippen LogP contribution in [0.3, 0.4) is 0 Å². The maximum atomic E-state index is 12.3. The Morgan fingerprint density at radius 2 is 1.59 bits per heavy atom. The molecule has 0 atom stereocenters. The summed E-state index contributed by atoms with van der Waals surface area (Å²) in [5.41, 5.74) is 0. The summed E-state index contributed by atoms with van der Waals surface area (Å²) in [5.74, 6) is 0. The minimum absolute atomic E-state index is 0. The molecular weight excluding hydrogens is 298 g/mol. The molecule has 114 valence electrons. The van der Waals surface area contributed by atoms with Crippen molar-refractivity contribution in [2.24, 2.45) is 0 Å². The molecule has 4 nitrogen and oxygen atoms in total. The lowest BCUT2D eigenvalue weighted by Crippen LogP contribution is -2.06. The van der Waals surface area contributed by atoms with Gasteiger partial charge in [-0.1, -0.05) is 42.5 Å². The number of hydrogen-bond donors (Lipinski definition) is 1. The molecule has 0 aliphatic heterocycles. The van der Waals surface area contributed by atoms with Crippen LogP contribution in [0.5, 0.6) is 0 Å². The predicted molar refractivity (Wildman–Crippen MR) is 89.8 cm³/mol. The molecule has 0 aliphatic rings. The third-order valence-electron chi connectivity index (χ3n) is 3.32. The van der Waals surface area contributed by atoms with Crippen molar-refractivity contribution >= 4 is 31.7 Å². The van der Waals surface area contributed by atoms with Gasteiger partial charge in [-0.25, -0.2) is 0 Å². The molecular formula is C17H17NO3S. The lowest BCUT2D eigenvalue weighted by atomic mass is 10.0. The monoisotopic (exact) mass is 315 g/mol. The van der Waals surface area contributed by atoms with Gasteiger partial charge in [-0.05, 0) is 34.4 Å². The van der Waals surface area contributed by atoms with E-state index >= 15 is 0 Å². The molecule has 3 N–H and O–H groups in total. The lowest BCUT2D eigenvalue weighted by Gasteiger charge is -2.09. The van der Waals surface area contributed by atoms with Gasteiger partial charge in [-0.15, -0.1) is 6.58 Å². The van der Waals surface area contributed by atoms with Crippen molar-refractivity contribution in [2.45, 2.75) is 4.90 Å². The Morgan fingerprint density at radius 1 is 0.955 bits per heavy atom. The first kappa shape index (κ1) is 16.2. The second kappa shape index (κ2) is 6.27. The molecule has 0 spiro atoms. The first-order valence-corrected chi connectivity index (χ1v) is 7.94. The Hall–Kier alpha value is -2.21. The van der Waals surface area contributed by atoms with Crippen LogP contribution < -0.4 is 6.15 Å². The number of fused-ring (bicyclic) bond motifs is 2. The summed E-state index contributed by atoms with van der Waals surface area (Å²) in [6, 6.07) is 16.9. The topological polar surface area (TPSA) is 78.4 Å². The van der Waals surface area contributed by atoms with Crippen molar-refractivity contribution in [3.63, 3.8) is 0 Å². The molecule has 0 bridgehead atoms. The van der Waals surface area contributed by atoms with Gasteiger partial charge in [0.05, 0.1) is 6.61 Å². The van der Waals surface area contributed by atoms with E-state index in [2.05, 4.69) is 6.58 Å². The summed E-state index contributed by atoms with van der Waals surface area (Å²) in [5, 5.41) is 3.61. The highest BCUT2D eigenvalue weighted by atomic mass is 32.2. The van der Waals surface area contributed by atoms with E-state index in [4.69, 9.17) is 4.18 Å². The molecule has 3 rings (SSSR count). The van der Waals surface area contributed by atoms with Gasteiger partial charge in [0, 0.05) is 5.39 Å². The molecule has 0 heterocycles. The van der Waals surface area contributed by atoms with E-state index in [1.54, 1.807) is 12.1 Å². The molecule has 0 saturated heterocycles. The molecule has 0 radical (unpaired) electrons. The Kier molecular flexibility index (Phi) is 4.61. The van der Waals surface area contributed by atoms with Crippen LogP contribution in [-0.4, -0.2) is 15.0 Å². The maximum Gasteiger partial charge on any atom is 0.297 e. The third-order valence-corrected chi connectivity index (χ3v) is 4.66. The van der Waals surface area contributed by atoms with Crippen LogP contribution in [0, 0.1) is 0 Å². The van der Waals surface area contributed by atoms with E-state index in [0.29, 0.717) is 5.39 Å². The summed E-state index contributed by atoms with van der Waals surface area (Å²) >= 11 is 0. The number of hydrogen-bond acceptors (Lipinski definition) is 4. The van der Waals surface area contributed by atoms with Crippen LogP contribution in [-0.2, 0) is 14.3 Å². The highest BCUT2D eigenvalue weighted by molar-refractivity contribution is 7.87. The van der Waals surface area contributed by atoms with Crippen LogP contribution in [0.15, 0.2) is 72.1 Å². The zero-order valence-electron chi connectivity index (χ0n) is 12.0. The first-order valence-electron chi connectivity index (χ1n) is 6.54. The largest absolute Gasteiger partial charge is 0.344 e. The van der Waals surface area contributed by atoms with Gasteiger partial charge in [0.15, 0.2) is 0 Å². The van der Waals surface area contributed by atoms with Gasteiger partial charge in [-0.2, -0.15) is 8.42 Å². The van der Waals surface area contributed by atoms with Gasteiger partial charge >= 0.3 is 0 Å². The minimum Gasteiger partial charge on any atom is -0.344 e. The Labute approximate surface area is 129 Å². The van der Waals surface area contributed by atoms with E-state index in [1.165, 1.54) is 6.08 Å². The molecule has 0 aromatic heterocycles. The molecule has 0 fully saturated rings. The van der Waals surface area contributed by atoms with Crippen LogP contribution >= 0.6 is 0 Å². The van der Waals surface area contributed by atoms with E-state index in [0.717, 1.165) is 16.2 Å². The zero-order chi connectivity index (χ0) is 14.9. The Bertz CT molecular complexity index is 933. The third kappa shape index (κ3) is 2.87. The summed E-state index contributed by atoms with van der Waals surface area (Å²) in [6.45, 7) is 3.44. The van der Waals surface area contributed by atoms with Gasteiger partial charge < -0.3 is 6.15 Å². The Morgan fingerprint density at radius 3 is 2.27 bits per heavy atom. The molecule has 3 aromatic carbocycles. The number of rotatable bonds is 4. The predicted octanol–water partition coefficient (Wildman–Crippen LogP) is 4.05. The lowest BCUT2D eigenvalue weighted by molar-refractivity contribution is 0.358. The summed E-state index contributed by atoms with van der Waals surface area (Å²) < 4.78 is 29.5. The molecule has 0 unspecified atom stereocenters. The molecule has 3 aromatic rings. The normalized spacial score (nSPS) is 11.3. The van der Waals surface area contributed by atoms with Crippen molar-refractivity contribution in [3.8, 4) is 0 Å². The molecule has 22 heavy (non-hydrogen) atoms. The zero-order valence-corrected chi connectivity index (χ0v) is 12.8. The summed E-state index contributed by atoms with van der Waals surface area (Å²) in [6.07, 6.45) is 1.41. The van der Waals surface area contributed by atoms with Crippen LogP contribution in [0.4, 0.5) is 0 Å². The molecule has 0 aliphatic carbocycles. The molecule has 0 amide bonds. The van der Waals surface area contributed by atoms with E-state index < -0.39 is 10.1 Å². The quantitative estimate of drug-likeness (QED) is 0.447. The van der Waals surface area contributed by atoms with Gasteiger partial charge in [0.2, 0.25) is 0 Å². The van der Waals surface area contributed by atoms with Gasteiger partial charge in [0.1, 0.15) is 4.90 Å². The SMILES string of the molecule is C=CCOS(=O)(=O)c1cccc2cc3ccccc3cc12.N. The van der Waals surface area contributed by atoms with Crippen molar-refractivity contribution in [1.82, 2.24) is 6.15 Å². The minimum atomic E-state index is -3.79.